The van der Waals surface area contributed by atoms with Crippen LogP contribution in [0.3, 0.4) is 0 Å². The highest BCUT2D eigenvalue weighted by Gasteiger charge is 2.22. The molecular formula is C15H22N2O4. The second kappa shape index (κ2) is 7.95. The van der Waals surface area contributed by atoms with E-state index in [0.29, 0.717) is 24.8 Å². The topological polar surface area (TPSA) is 84.6 Å². The Bertz CT molecular complexity index is 449. The summed E-state index contributed by atoms with van der Waals surface area (Å²) in [6.45, 7) is 2.01. The predicted octanol–water partition coefficient (Wildman–Crippen LogP) is 2.11. The number of non-ortho nitro benzene ring substituents is 1. The van der Waals surface area contributed by atoms with Crippen LogP contribution in [0.2, 0.25) is 0 Å². The van der Waals surface area contributed by atoms with E-state index in [4.69, 9.17) is 4.74 Å². The molecule has 6 nitrogen and oxygen atoms in total. The maximum atomic E-state index is 10.5. The van der Waals surface area contributed by atoms with E-state index in [9.17, 15) is 15.2 Å². The van der Waals surface area contributed by atoms with Crippen LogP contribution in [0.25, 0.3) is 0 Å². The molecule has 0 spiro atoms. The quantitative estimate of drug-likeness (QED) is 0.457. The summed E-state index contributed by atoms with van der Waals surface area (Å²) in [7, 11) is 0. The molecule has 116 valence electrons. The summed E-state index contributed by atoms with van der Waals surface area (Å²) in [6, 6.07) is 6.06. The second-order valence-corrected chi connectivity index (χ2v) is 5.42. The first kappa shape index (κ1) is 15.7. The lowest BCUT2D eigenvalue weighted by atomic mass is 9.86. The molecule has 2 unspecified atom stereocenters. The van der Waals surface area contributed by atoms with Crippen molar-refractivity contribution in [1.29, 1.82) is 0 Å². The SMILES string of the molecule is O=[N+]([O-])c1ccc(OCCNCC2CCCCC2O)cc1. The van der Waals surface area contributed by atoms with Gasteiger partial charge in [-0.3, -0.25) is 10.1 Å². The van der Waals surface area contributed by atoms with Gasteiger partial charge in [0.1, 0.15) is 12.4 Å². The molecule has 21 heavy (non-hydrogen) atoms. The van der Waals surface area contributed by atoms with Gasteiger partial charge >= 0.3 is 0 Å². The molecule has 2 rings (SSSR count). The number of benzene rings is 1. The van der Waals surface area contributed by atoms with Crippen molar-refractivity contribution in [2.24, 2.45) is 5.92 Å². The minimum absolute atomic E-state index is 0.0618. The molecule has 0 radical (unpaired) electrons. The number of hydrogen-bond donors (Lipinski definition) is 2. The van der Waals surface area contributed by atoms with Gasteiger partial charge in [0.25, 0.3) is 5.69 Å². The van der Waals surface area contributed by atoms with Gasteiger partial charge in [-0.1, -0.05) is 12.8 Å². The number of rotatable bonds is 7. The van der Waals surface area contributed by atoms with Crippen molar-refractivity contribution in [3.05, 3.63) is 34.4 Å². The zero-order chi connectivity index (χ0) is 15.1. The van der Waals surface area contributed by atoms with E-state index in [2.05, 4.69) is 5.32 Å². The van der Waals surface area contributed by atoms with E-state index in [0.717, 1.165) is 25.8 Å². The number of nitrogens with one attached hydrogen (secondary N) is 1. The Morgan fingerprint density at radius 2 is 2.00 bits per heavy atom. The average Bonchev–Trinajstić information content (AvgIpc) is 2.49. The lowest BCUT2D eigenvalue weighted by Gasteiger charge is -2.27. The van der Waals surface area contributed by atoms with Crippen molar-refractivity contribution in [1.82, 2.24) is 5.32 Å². The van der Waals surface area contributed by atoms with Gasteiger partial charge in [0.15, 0.2) is 0 Å². The summed E-state index contributed by atoms with van der Waals surface area (Å²) in [5.74, 6) is 0.971. The lowest BCUT2D eigenvalue weighted by molar-refractivity contribution is -0.384. The van der Waals surface area contributed by atoms with E-state index in [1.807, 2.05) is 0 Å². The lowest BCUT2D eigenvalue weighted by Crippen LogP contribution is -2.35. The van der Waals surface area contributed by atoms with Crippen molar-refractivity contribution in [3.63, 3.8) is 0 Å². The fraction of sp³-hybridized carbons (Fsp3) is 0.600. The first-order valence-corrected chi connectivity index (χ1v) is 7.43. The molecule has 1 aliphatic carbocycles. The van der Waals surface area contributed by atoms with Gasteiger partial charge in [-0.15, -0.1) is 0 Å². The molecule has 0 aliphatic heterocycles. The van der Waals surface area contributed by atoms with Crippen LogP contribution in [0.15, 0.2) is 24.3 Å². The van der Waals surface area contributed by atoms with Crippen LogP contribution in [0.5, 0.6) is 5.75 Å². The molecule has 1 aromatic rings. The van der Waals surface area contributed by atoms with E-state index in [1.165, 1.54) is 18.6 Å². The Morgan fingerprint density at radius 1 is 1.29 bits per heavy atom. The molecule has 2 atom stereocenters. The number of aliphatic hydroxyl groups excluding tert-OH is 1. The number of ether oxygens (including phenoxy) is 1. The van der Waals surface area contributed by atoms with Gasteiger partial charge in [0, 0.05) is 25.2 Å². The minimum atomic E-state index is -0.430. The third kappa shape index (κ3) is 4.99. The van der Waals surface area contributed by atoms with Crippen LogP contribution < -0.4 is 10.1 Å². The Kier molecular flexibility index (Phi) is 5.95. The second-order valence-electron chi connectivity index (χ2n) is 5.42. The first-order valence-electron chi connectivity index (χ1n) is 7.43. The standard InChI is InChI=1S/C15H22N2O4/c18-15-4-2-1-3-12(15)11-16-9-10-21-14-7-5-13(6-8-14)17(19)20/h5-8,12,15-16,18H,1-4,9-11H2. The number of nitro groups is 1. The van der Waals surface area contributed by atoms with Crippen LogP contribution in [-0.4, -0.2) is 35.8 Å². The number of nitrogens with zero attached hydrogens (tertiary/aromatic N) is 1. The van der Waals surface area contributed by atoms with Gasteiger partial charge in [-0.25, -0.2) is 0 Å². The van der Waals surface area contributed by atoms with Crippen LogP contribution in [-0.2, 0) is 0 Å². The van der Waals surface area contributed by atoms with Gasteiger partial charge in [-0.2, -0.15) is 0 Å². The van der Waals surface area contributed by atoms with Gasteiger partial charge in [0.2, 0.25) is 0 Å². The van der Waals surface area contributed by atoms with Crippen molar-refractivity contribution in [2.75, 3.05) is 19.7 Å². The highest BCUT2D eigenvalue weighted by atomic mass is 16.6. The smallest absolute Gasteiger partial charge is 0.269 e. The van der Waals surface area contributed by atoms with E-state index in [-0.39, 0.29) is 11.8 Å². The normalized spacial score (nSPS) is 22.0. The molecule has 0 saturated heterocycles. The highest BCUT2D eigenvalue weighted by molar-refractivity contribution is 5.35. The maximum absolute atomic E-state index is 10.5. The largest absolute Gasteiger partial charge is 0.492 e. The third-order valence-corrected chi connectivity index (χ3v) is 3.87. The molecule has 0 heterocycles. The summed E-state index contributed by atoms with van der Waals surface area (Å²) in [5.41, 5.74) is 0.0618. The Morgan fingerprint density at radius 3 is 2.67 bits per heavy atom. The summed E-state index contributed by atoms with van der Waals surface area (Å²) in [6.07, 6.45) is 4.13. The summed E-state index contributed by atoms with van der Waals surface area (Å²) in [5, 5.41) is 23.7. The van der Waals surface area contributed by atoms with Crippen molar-refractivity contribution < 1.29 is 14.8 Å². The molecule has 1 aromatic carbocycles. The Hall–Kier alpha value is -1.66. The molecule has 0 amide bonds. The van der Waals surface area contributed by atoms with Crippen LogP contribution in [0.4, 0.5) is 5.69 Å². The summed E-state index contributed by atoms with van der Waals surface area (Å²) in [4.78, 5) is 10.1. The molecule has 6 heteroatoms. The fourth-order valence-corrected chi connectivity index (χ4v) is 2.62. The monoisotopic (exact) mass is 294 g/mol. The van der Waals surface area contributed by atoms with Crippen molar-refractivity contribution in [2.45, 2.75) is 31.8 Å². The van der Waals surface area contributed by atoms with E-state index in [1.54, 1.807) is 12.1 Å². The molecule has 0 aromatic heterocycles. The maximum Gasteiger partial charge on any atom is 0.269 e. The van der Waals surface area contributed by atoms with E-state index < -0.39 is 4.92 Å². The van der Waals surface area contributed by atoms with Crippen LogP contribution in [0.1, 0.15) is 25.7 Å². The first-order chi connectivity index (χ1) is 10.2. The van der Waals surface area contributed by atoms with Crippen LogP contribution in [0, 0.1) is 16.0 Å². The van der Waals surface area contributed by atoms with E-state index >= 15 is 0 Å². The van der Waals surface area contributed by atoms with Crippen molar-refractivity contribution in [3.8, 4) is 5.75 Å². The zero-order valence-electron chi connectivity index (χ0n) is 12.0. The van der Waals surface area contributed by atoms with Crippen molar-refractivity contribution >= 4 is 5.69 Å². The third-order valence-electron chi connectivity index (χ3n) is 3.87. The average molecular weight is 294 g/mol. The molecular weight excluding hydrogens is 272 g/mol. The molecule has 0 bridgehead atoms. The van der Waals surface area contributed by atoms with Crippen LogP contribution >= 0.6 is 0 Å². The molecule has 1 saturated carbocycles. The molecule has 1 fully saturated rings. The molecule has 1 aliphatic rings. The minimum Gasteiger partial charge on any atom is -0.492 e. The summed E-state index contributed by atoms with van der Waals surface area (Å²) >= 11 is 0. The van der Waals surface area contributed by atoms with Gasteiger partial charge in [0.05, 0.1) is 11.0 Å². The van der Waals surface area contributed by atoms with Gasteiger partial charge in [-0.05, 0) is 30.9 Å². The molecule has 2 N–H and O–H groups in total. The number of hydrogen-bond acceptors (Lipinski definition) is 5. The summed E-state index contributed by atoms with van der Waals surface area (Å²) < 4.78 is 5.51. The zero-order valence-corrected chi connectivity index (χ0v) is 12.0. The number of nitro benzene ring substituents is 1. The highest BCUT2D eigenvalue weighted by Crippen LogP contribution is 2.23. The number of aliphatic hydroxyl groups is 1. The Balaban J connectivity index is 1.62. The fourth-order valence-electron chi connectivity index (χ4n) is 2.62. The Labute approximate surface area is 124 Å². The van der Waals surface area contributed by atoms with Gasteiger partial charge < -0.3 is 15.2 Å². The predicted molar refractivity (Wildman–Crippen MR) is 79.4 cm³/mol.